The van der Waals surface area contributed by atoms with E-state index in [9.17, 15) is 4.79 Å². The van der Waals surface area contributed by atoms with Crippen molar-refractivity contribution in [1.29, 1.82) is 5.26 Å². The second-order valence-electron chi connectivity index (χ2n) is 7.34. The summed E-state index contributed by atoms with van der Waals surface area (Å²) in [5.41, 5.74) is 6.36. The van der Waals surface area contributed by atoms with Gasteiger partial charge in [-0.3, -0.25) is 0 Å². The highest BCUT2D eigenvalue weighted by Gasteiger charge is 2.12. The standard InChI is InChI=1S/C28H24N2O2/c1-21-8-14-25(15-9-21)30(26-16-10-22(2)11-17-26)27-18-12-23(13-19-27)6-4-3-5-7-24(20-29)28(31)32/h3-19H,1-2H3,(H,31,32)/b5-3+,6-4+,24-7+. The van der Waals surface area contributed by atoms with Gasteiger partial charge in [-0.25, -0.2) is 4.79 Å². The van der Waals surface area contributed by atoms with E-state index in [4.69, 9.17) is 10.4 Å². The van der Waals surface area contributed by atoms with Gasteiger partial charge in [-0.15, -0.1) is 0 Å². The third-order valence-corrected chi connectivity index (χ3v) is 4.86. The molecule has 0 bridgehead atoms. The number of aryl methyl sites for hydroxylation is 2. The summed E-state index contributed by atoms with van der Waals surface area (Å²) in [6, 6.07) is 26.8. The lowest BCUT2D eigenvalue weighted by molar-refractivity contribution is -0.132. The van der Waals surface area contributed by atoms with Crippen molar-refractivity contribution in [3.8, 4) is 6.07 Å². The number of hydrogen-bond donors (Lipinski definition) is 1. The maximum absolute atomic E-state index is 10.8. The number of hydrogen-bond acceptors (Lipinski definition) is 3. The number of carbonyl (C=O) groups is 1. The highest BCUT2D eigenvalue weighted by Crippen LogP contribution is 2.34. The molecule has 0 amide bonds. The second-order valence-corrected chi connectivity index (χ2v) is 7.34. The molecule has 4 nitrogen and oxygen atoms in total. The zero-order valence-electron chi connectivity index (χ0n) is 18.1. The number of aliphatic carboxylic acids is 1. The fourth-order valence-electron chi connectivity index (χ4n) is 3.11. The Hall–Kier alpha value is -4.36. The predicted molar refractivity (Wildman–Crippen MR) is 130 cm³/mol. The Kier molecular flexibility index (Phi) is 7.40. The van der Waals surface area contributed by atoms with Gasteiger partial charge in [0.05, 0.1) is 0 Å². The second kappa shape index (κ2) is 10.6. The van der Waals surface area contributed by atoms with Gasteiger partial charge in [-0.1, -0.05) is 71.8 Å². The average molecular weight is 421 g/mol. The van der Waals surface area contributed by atoms with Gasteiger partial charge in [0.2, 0.25) is 0 Å². The Bertz CT molecular complexity index is 1150. The number of nitriles is 1. The SMILES string of the molecule is Cc1ccc(N(c2ccc(C)cc2)c2ccc(/C=C/C=C/C=C(\C#N)C(=O)O)cc2)cc1. The first-order chi connectivity index (χ1) is 15.5. The molecular weight excluding hydrogens is 396 g/mol. The Morgan fingerprint density at radius 1 is 0.781 bits per heavy atom. The Morgan fingerprint density at radius 2 is 1.25 bits per heavy atom. The van der Waals surface area contributed by atoms with Gasteiger partial charge < -0.3 is 10.0 Å². The Labute approximate surface area is 188 Å². The molecule has 158 valence electrons. The molecule has 1 N–H and O–H groups in total. The van der Waals surface area contributed by atoms with E-state index in [1.807, 2.05) is 18.2 Å². The van der Waals surface area contributed by atoms with Crippen LogP contribution in [0.1, 0.15) is 16.7 Å². The van der Waals surface area contributed by atoms with E-state index >= 15 is 0 Å². The van der Waals surface area contributed by atoms with Crippen molar-refractivity contribution in [3.05, 3.63) is 119 Å². The zero-order valence-corrected chi connectivity index (χ0v) is 18.1. The molecule has 0 aliphatic carbocycles. The van der Waals surface area contributed by atoms with E-state index in [1.165, 1.54) is 23.3 Å². The van der Waals surface area contributed by atoms with Gasteiger partial charge in [-0.05, 0) is 61.9 Å². The first-order valence-corrected chi connectivity index (χ1v) is 10.2. The van der Waals surface area contributed by atoms with Crippen molar-refractivity contribution in [1.82, 2.24) is 0 Å². The van der Waals surface area contributed by atoms with Crippen LogP contribution >= 0.6 is 0 Å². The van der Waals surface area contributed by atoms with Crippen LogP contribution in [0, 0.1) is 25.2 Å². The van der Waals surface area contributed by atoms with Crippen molar-refractivity contribution in [3.63, 3.8) is 0 Å². The molecular formula is C28H24N2O2. The largest absolute Gasteiger partial charge is 0.477 e. The fourth-order valence-corrected chi connectivity index (χ4v) is 3.11. The van der Waals surface area contributed by atoms with Crippen LogP contribution in [0.2, 0.25) is 0 Å². The van der Waals surface area contributed by atoms with Gasteiger partial charge >= 0.3 is 5.97 Å². The molecule has 0 aliphatic rings. The number of carboxylic acid groups (broad SMARTS) is 1. The summed E-state index contributed by atoms with van der Waals surface area (Å²) in [5, 5.41) is 17.6. The van der Waals surface area contributed by atoms with Crippen LogP contribution in [0.25, 0.3) is 6.08 Å². The molecule has 3 rings (SSSR count). The van der Waals surface area contributed by atoms with Crippen LogP contribution in [-0.4, -0.2) is 11.1 Å². The molecule has 0 fully saturated rings. The highest BCUT2D eigenvalue weighted by molar-refractivity contribution is 5.91. The summed E-state index contributed by atoms with van der Waals surface area (Å²) in [6.07, 6.45) is 8.23. The first kappa shape index (κ1) is 22.3. The maximum atomic E-state index is 10.8. The minimum absolute atomic E-state index is 0.300. The molecule has 32 heavy (non-hydrogen) atoms. The monoisotopic (exact) mass is 420 g/mol. The van der Waals surface area contributed by atoms with Crippen LogP contribution in [0.4, 0.5) is 17.1 Å². The van der Waals surface area contributed by atoms with Gasteiger partial charge in [0.25, 0.3) is 0 Å². The van der Waals surface area contributed by atoms with E-state index in [0.717, 1.165) is 22.6 Å². The number of nitrogens with zero attached hydrogens (tertiary/aromatic N) is 2. The predicted octanol–water partition coefficient (Wildman–Crippen LogP) is 6.88. The normalized spacial score (nSPS) is 11.6. The Morgan fingerprint density at radius 3 is 1.69 bits per heavy atom. The number of allylic oxidation sites excluding steroid dienone is 4. The van der Waals surface area contributed by atoms with Crippen molar-refractivity contribution >= 4 is 29.1 Å². The summed E-state index contributed by atoms with van der Waals surface area (Å²) in [4.78, 5) is 13.0. The topological polar surface area (TPSA) is 64.3 Å². The van der Waals surface area contributed by atoms with Crippen molar-refractivity contribution < 1.29 is 9.90 Å². The molecule has 4 heteroatoms. The van der Waals surface area contributed by atoms with Crippen LogP contribution in [0.5, 0.6) is 0 Å². The zero-order chi connectivity index (χ0) is 22.9. The molecule has 0 aliphatic heterocycles. The van der Waals surface area contributed by atoms with E-state index in [-0.39, 0.29) is 5.57 Å². The summed E-state index contributed by atoms with van der Waals surface area (Å²) in [5.74, 6) is -1.23. The van der Waals surface area contributed by atoms with E-state index in [1.54, 1.807) is 18.2 Å². The van der Waals surface area contributed by atoms with Crippen LogP contribution < -0.4 is 4.90 Å². The molecule has 0 unspecified atom stereocenters. The number of benzene rings is 3. The minimum Gasteiger partial charge on any atom is -0.477 e. The van der Waals surface area contributed by atoms with Crippen LogP contribution in [0.3, 0.4) is 0 Å². The smallest absolute Gasteiger partial charge is 0.346 e. The molecule has 0 heterocycles. The molecule has 0 atom stereocenters. The molecule has 3 aromatic rings. The summed E-state index contributed by atoms with van der Waals surface area (Å²) < 4.78 is 0. The first-order valence-electron chi connectivity index (χ1n) is 10.2. The third-order valence-electron chi connectivity index (χ3n) is 4.86. The summed E-state index contributed by atoms with van der Waals surface area (Å²) in [6.45, 7) is 4.16. The van der Waals surface area contributed by atoms with Crippen molar-refractivity contribution in [2.24, 2.45) is 0 Å². The number of anilines is 3. The van der Waals surface area contributed by atoms with Crippen LogP contribution in [-0.2, 0) is 4.79 Å². The summed E-state index contributed by atoms with van der Waals surface area (Å²) >= 11 is 0. The van der Waals surface area contributed by atoms with Gasteiger partial charge in [-0.2, -0.15) is 5.26 Å². The maximum Gasteiger partial charge on any atom is 0.346 e. The highest BCUT2D eigenvalue weighted by atomic mass is 16.4. The lowest BCUT2D eigenvalue weighted by Crippen LogP contribution is -2.09. The molecule has 0 radical (unpaired) electrons. The molecule has 0 saturated carbocycles. The molecule has 0 saturated heterocycles. The molecule has 0 spiro atoms. The quantitative estimate of drug-likeness (QED) is 0.257. The van der Waals surface area contributed by atoms with Gasteiger partial charge in [0.15, 0.2) is 0 Å². The minimum atomic E-state index is -1.23. The molecule has 0 aromatic heterocycles. The third kappa shape index (κ3) is 5.84. The lowest BCUT2D eigenvalue weighted by Gasteiger charge is -2.25. The lowest BCUT2D eigenvalue weighted by atomic mass is 10.1. The summed E-state index contributed by atoms with van der Waals surface area (Å²) in [7, 11) is 0. The van der Waals surface area contributed by atoms with Gasteiger partial charge in [0.1, 0.15) is 11.6 Å². The van der Waals surface area contributed by atoms with E-state index in [0.29, 0.717) is 0 Å². The Balaban J connectivity index is 1.83. The van der Waals surface area contributed by atoms with Crippen LogP contribution in [0.15, 0.2) is 103 Å². The van der Waals surface area contributed by atoms with Gasteiger partial charge in [0, 0.05) is 17.1 Å². The van der Waals surface area contributed by atoms with Crippen molar-refractivity contribution in [2.45, 2.75) is 13.8 Å². The van der Waals surface area contributed by atoms with Crippen molar-refractivity contribution in [2.75, 3.05) is 4.90 Å². The number of carboxylic acids is 1. The van der Waals surface area contributed by atoms with E-state index in [2.05, 4.69) is 79.4 Å². The molecule has 3 aromatic carbocycles. The van der Waals surface area contributed by atoms with E-state index < -0.39 is 5.97 Å². The number of rotatable bonds is 7. The average Bonchev–Trinajstić information content (AvgIpc) is 2.79. The fraction of sp³-hybridized carbons (Fsp3) is 0.0714.